The van der Waals surface area contributed by atoms with Crippen molar-refractivity contribution in [1.29, 1.82) is 0 Å². The summed E-state index contributed by atoms with van der Waals surface area (Å²) in [6, 6.07) is 11.1. The molecule has 1 aliphatic heterocycles. The summed E-state index contributed by atoms with van der Waals surface area (Å²) in [7, 11) is 0. The van der Waals surface area contributed by atoms with Gasteiger partial charge < -0.3 is 15.5 Å². The van der Waals surface area contributed by atoms with Gasteiger partial charge in [0.15, 0.2) is 5.13 Å². The average Bonchev–Trinajstić information content (AvgIpc) is 3.30. The number of carbonyl (C=O) groups excluding carboxylic acids is 2. The molecule has 170 valence electrons. The predicted molar refractivity (Wildman–Crippen MR) is 134 cm³/mol. The molecule has 3 heterocycles. The second-order valence-corrected chi connectivity index (χ2v) is 9.95. The van der Waals surface area contributed by atoms with E-state index in [1.54, 1.807) is 53.6 Å². The molecule has 1 unspecified atom stereocenters. The highest BCUT2D eigenvalue weighted by atomic mass is 32.2. The van der Waals surface area contributed by atoms with Gasteiger partial charge in [-0.25, -0.2) is 4.98 Å². The number of nitrogens with zero attached hydrogens (tertiary/aromatic N) is 3. The van der Waals surface area contributed by atoms with Gasteiger partial charge in [0.2, 0.25) is 5.91 Å². The van der Waals surface area contributed by atoms with E-state index in [1.807, 2.05) is 23.4 Å². The van der Waals surface area contributed by atoms with Crippen LogP contribution in [0, 0.1) is 0 Å². The summed E-state index contributed by atoms with van der Waals surface area (Å²) in [6.45, 7) is 4.80. The molecule has 1 saturated heterocycles. The Balaban J connectivity index is 1.30. The maximum atomic E-state index is 13.0. The van der Waals surface area contributed by atoms with Crippen LogP contribution in [0.3, 0.4) is 0 Å². The number of thiazole rings is 1. The number of nitrogens with one attached hydrogen (secondary N) is 2. The third-order valence-corrected chi connectivity index (χ3v) is 7.40. The molecule has 0 radical (unpaired) electrons. The van der Waals surface area contributed by atoms with Gasteiger partial charge >= 0.3 is 0 Å². The fraction of sp³-hybridized carbons (Fsp3) is 0.250. The van der Waals surface area contributed by atoms with Crippen LogP contribution in [0.25, 0.3) is 0 Å². The fourth-order valence-corrected chi connectivity index (χ4v) is 5.44. The Morgan fingerprint density at radius 1 is 1.24 bits per heavy atom. The van der Waals surface area contributed by atoms with Gasteiger partial charge in [-0.1, -0.05) is 24.0 Å². The molecule has 9 heteroatoms. The van der Waals surface area contributed by atoms with E-state index in [-0.39, 0.29) is 17.9 Å². The third-order valence-electron chi connectivity index (χ3n) is 5.21. The van der Waals surface area contributed by atoms with Crippen molar-refractivity contribution in [2.24, 2.45) is 0 Å². The SMILES string of the molecule is C=CC(=O)Nc1ccc(C(=O)N2CCCC(Nc3ncc(SCc4cccnc4)s3)C2)cc1. The first-order valence-electron chi connectivity index (χ1n) is 10.7. The minimum absolute atomic E-state index is 0.00467. The van der Waals surface area contributed by atoms with Gasteiger partial charge in [0.1, 0.15) is 0 Å². The second-order valence-electron chi connectivity index (χ2n) is 7.64. The van der Waals surface area contributed by atoms with Crippen molar-refractivity contribution in [3.8, 4) is 0 Å². The molecule has 0 bridgehead atoms. The summed E-state index contributed by atoms with van der Waals surface area (Å²) < 4.78 is 1.15. The lowest BCUT2D eigenvalue weighted by Crippen LogP contribution is -2.45. The topological polar surface area (TPSA) is 87.2 Å². The van der Waals surface area contributed by atoms with Crippen LogP contribution in [0.5, 0.6) is 0 Å². The summed E-state index contributed by atoms with van der Waals surface area (Å²) in [5, 5.41) is 7.07. The summed E-state index contributed by atoms with van der Waals surface area (Å²) in [5.41, 5.74) is 2.43. The number of carbonyl (C=O) groups is 2. The number of hydrogen-bond donors (Lipinski definition) is 2. The molecular formula is C24H25N5O2S2. The molecule has 4 rings (SSSR count). The summed E-state index contributed by atoms with van der Waals surface area (Å²) in [4.78, 5) is 34.9. The zero-order chi connectivity index (χ0) is 23.0. The monoisotopic (exact) mass is 479 g/mol. The quantitative estimate of drug-likeness (QED) is 0.361. The van der Waals surface area contributed by atoms with Crippen molar-refractivity contribution in [3.63, 3.8) is 0 Å². The van der Waals surface area contributed by atoms with Crippen LogP contribution in [-0.2, 0) is 10.5 Å². The first-order chi connectivity index (χ1) is 16.1. The van der Waals surface area contributed by atoms with Crippen LogP contribution >= 0.6 is 23.1 Å². The van der Waals surface area contributed by atoms with E-state index in [0.717, 1.165) is 34.5 Å². The van der Waals surface area contributed by atoms with Gasteiger partial charge in [-0.2, -0.15) is 0 Å². The van der Waals surface area contributed by atoms with E-state index < -0.39 is 0 Å². The summed E-state index contributed by atoms with van der Waals surface area (Å²) in [6.07, 6.45) is 8.70. The summed E-state index contributed by atoms with van der Waals surface area (Å²) in [5.74, 6) is 0.576. The van der Waals surface area contributed by atoms with Gasteiger partial charge in [-0.3, -0.25) is 14.6 Å². The smallest absolute Gasteiger partial charge is 0.253 e. The number of likely N-dealkylation sites (tertiary alicyclic amines) is 1. The number of anilines is 2. The van der Waals surface area contributed by atoms with Crippen LogP contribution < -0.4 is 10.6 Å². The Morgan fingerprint density at radius 2 is 2.09 bits per heavy atom. The van der Waals surface area contributed by atoms with Crippen LogP contribution in [0.1, 0.15) is 28.8 Å². The molecule has 1 fully saturated rings. The maximum absolute atomic E-state index is 13.0. The molecule has 2 amide bonds. The van der Waals surface area contributed by atoms with Gasteiger partial charge in [0, 0.05) is 48.5 Å². The maximum Gasteiger partial charge on any atom is 0.253 e. The first-order valence-corrected chi connectivity index (χ1v) is 12.5. The molecular weight excluding hydrogens is 454 g/mol. The number of hydrogen-bond acceptors (Lipinski definition) is 7. The largest absolute Gasteiger partial charge is 0.357 e. The number of aromatic nitrogens is 2. The number of piperidine rings is 1. The molecule has 0 aliphatic carbocycles. The molecule has 0 saturated carbocycles. The molecule has 0 spiro atoms. The summed E-state index contributed by atoms with van der Waals surface area (Å²) >= 11 is 3.38. The van der Waals surface area contributed by atoms with E-state index in [4.69, 9.17) is 0 Å². The Bertz CT molecular complexity index is 1100. The van der Waals surface area contributed by atoms with Gasteiger partial charge in [-0.05, 0) is 54.8 Å². The van der Waals surface area contributed by atoms with E-state index in [1.165, 1.54) is 11.6 Å². The van der Waals surface area contributed by atoms with Crippen molar-refractivity contribution in [1.82, 2.24) is 14.9 Å². The van der Waals surface area contributed by atoms with E-state index in [0.29, 0.717) is 17.8 Å². The lowest BCUT2D eigenvalue weighted by molar-refractivity contribution is -0.111. The van der Waals surface area contributed by atoms with Gasteiger partial charge in [-0.15, -0.1) is 11.8 Å². The zero-order valence-corrected chi connectivity index (χ0v) is 19.7. The normalized spacial score (nSPS) is 15.6. The Hall–Kier alpha value is -3.17. The molecule has 2 N–H and O–H groups in total. The Labute approximate surface area is 201 Å². The zero-order valence-electron chi connectivity index (χ0n) is 18.1. The molecule has 1 atom stereocenters. The van der Waals surface area contributed by atoms with Crippen molar-refractivity contribution in [2.45, 2.75) is 28.8 Å². The highest BCUT2D eigenvalue weighted by Gasteiger charge is 2.25. The van der Waals surface area contributed by atoms with Crippen LogP contribution in [0.2, 0.25) is 0 Å². The van der Waals surface area contributed by atoms with Crippen LogP contribution in [0.4, 0.5) is 10.8 Å². The Kier molecular flexibility index (Phi) is 7.74. The minimum Gasteiger partial charge on any atom is -0.357 e. The number of rotatable bonds is 8. The highest BCUT2D eigenvalue weighted by Crippen LogP contribution is 2.31. The standard InChI is InChI=1S/C24H25N5O2S2/c1-2-21(30)27-19-9-7-18(8-10-19)23(31)29-12-4-6-20(15-29)28-24-26-14-22(33-24)32-16-17-5-3-11-25-13-17/h2-3,5,7-11,13-14,20H,1,4,6,12,15-16H2,(H,26,28)(H,27,30). The van der Waals surface area contributed by atoms with Crippen molar-refractivity contribution in [3.05, 3.63) is 78.8 Å². The van der Waals surface area contributed by atoms with Crippen molar-refractivity contribution >= 4 is 45.7 Å². The number of pyridine rings is 1. The number of benzene rings is 1. The number of thioether (sulfide) groups is 1. The highest BCUT2D eigenvalue weighted by molar-refractivity contribution is 8.00. The first kappa shape index (κ1) is 23.0. The van der Waals surface area contributed by atoms with Crippen molar-refractivity contribution in [2.75, 3.05) is 23.7 Å². The van der Waals surface area contributed by atoms with E-state index in [9.17, 15) is 9.59 Å². The fourth-order valence-electron chi connectivity index (χ4n) is 3.56. The average molecular weight is 480 g/mol. The predicted octanol–water partition coefficient (Wildman–Crippen LogP) is 4.67. The molecule has 1 aliphatic rings. The Morgan fingerprint density at radius 3 is 2.85 bits per heavy atom. The minimum atomic E-state index is -0.278. The van der Waals surface area contributed by atoms with E-state index in [2.05, 4.69) is 33.2 Å². The molecule has 3 aromatic rings. The number of amides is 2. The van der Waals surface area contributed by atoms with Gasteiger partial charge in [0.25, 0.3) is 5.91 Å². The second kappa shape index (κ2) is 11.1. The molecule has 1 aromatic carbocycles. The lowest BCUT2D eigenvalue weighted by atomic mass is 10.0. The molecule has 7 nitrogen and oxygen atoms in total. The van der Waals surface area contributed by atoms with Crippen LogP contribution in [0.15, 0.2) is 71.9 Å². The molecule has 33 heavy (non-hydrogen) atoms. The van der Waals surface area contributed by atoms with Gasteiger partial charge in [0.05, 0.1) is 10.4 Å². The lowest BCUT2D eigenvalue weighted by Gasteiger charge is -2.33. The third kappa shape index (κ3) is 6.43. The molecule has 2 aromatic heterocycles. The van der Waals surface area contributed by atoms with E-state index >= 15 is 0 Å². The van der Waals surface area contributed by atoms with Crippen molar-refractivity contribution < 1.29 is 9.59 Å². The van der Waals surface area contributed by atoms with Crippen LogP contribution in [-0.4, -0.2) is 45.8 Å².